The molecule has 0 atom stereocenters. The lowest BCUT2D eigenvalue weighted by atomic mass is 10.2. The molecule has 4 aromatic carbocycles. The van der Waals surface area contributed by atoms with E-state index in [1.165, 1.54) is 67.0 Å². The second-order valence-electron chi connectivity index (χ2n) is 12.9. The molecule has 0 aliphatic heterocycles. The van der Waals surface area contributed by atoms with Crippen LogP contribution in [-0.2, 0) is 0 Å². The number of hydrogen-bond donors (Lipinski definition) is 6. The largest absolute Gasteiger partial charge is 0.506 e. The zero-order chi connectivity index (χ0) is 43.5. The van der Waals surface area contributed by atoms with Crippen LogP contribution in [0, 0.1) is 31.9 Å². The van der Waals surface area contributed by atoms with Gasteiger partial charge in [0.2, 0.25) is 17.8 Å². The number of oxazole rings is 1. The minimum Gasteiger partial charge on any atom is -0.506 e. The first-order chi connectivity index (χ1) is 29.4. The summed E-state index contributed by atoms with van der Waals surface area (Å²) in [4.78, 5) is 54.9. The first-order valence-corrected chi connectivity index (χ1v) is 18.5. The maximum atomic E-state index is 13.4. The minimum atomic E-state index is -0.656. The van der Waals surface area contributed by atoms with E-state index in [2.05, 4.69) is 51.5 Å². The molecular weight excluding hydrogens is 799 g/mol. The molecule has 6 N–H and O–H groups in total. The Labute approximate surface area is 344 Å². The van der Waals surface area contributed by atoms with Crippen LogP contribution >= 0.6 is 0 Å². The molecule has 0 saturated carbocycles. The van der Waals surface area contributed by atoms with E-state index in [-0.39, 0.29) is 52.0 Å². The van der Waals surface area contributed by atoms with E-state index in [1.807, 2.05) is 13.8 Å². The van der Waals surface area contributed by atoms with Crippen molar-refractivity contribution in [1.29, 1.82) is 0 Å². The number of nitrogens with zero attached hydrogens (tertiary/aromatic N) is 7. The highest BCUT2D eigenvalue weighted by atomic mass is 19.1. The Morgan fingerprint density at radius 2 is 1.31 bits per heavy atom. The lowest BCUT2D eigenvalue weighted by Gasteiger charge is -2.13. The summed E-state index contributed by atoms with van der Waals surface area (Å²) in [5.41, 5.74) is 1.94. The van der Waals surface area contributed by atoms with Crippen LogP contribution in [-0.4, -0.2) is 58.9 Å². The Bertz CT molecular complexity index is 2720. The van der Waals surface area contributed by atoms with Crippen LogP contribution in [0.1, 0.15) is 37.0 Å². The zero-order valence-electron chi connectivity index (χ0n) is 32.3. The number of benzene rings is 4. The van der Waals surface area contributed by atoms with Gasteiger partial charge < -0.3 is 36.1 Å². The number of rotatable bonds is 15. The molecule has 0 aliphatic rings. The molecular formula is C40H36F2N12O7. The van der Waals surface area contributed by atoms with Crippen LogP contribution < -0.4 is 26.6 Å². The first-order valence-electron chi connectivity index (χ1n) is 18.5. The highest BCUT2D eigenvalue weighted by Crippen LogP contribution is 2.32. The van der Waals surface area contributed by atoms with Crippen molar-refractivity contribution in [3.8, 4) is 17.2 Å². The van der Waals surface area contributed by atoms with Crippen LogP contribution in [0.15, 0.2) is 102 Å². The maximum absolute atomic E-state index is 13.4. The molecule has 3 heterocycles. The van der Waals surface area contributed by atoms with Crippen LogP contribution in [0.5, 0.6) is 5.75 Å². The van der Waals surface area contributed by atoms with Gasteiger partial charge in [0.15, 0.2) is 5.58 Å². The molecule has 0 aliphatic carbocycles. The molecule has 3 aromatic heterocycles. The van der Waals surface area contributed by atoms with Crippen molar-refractivity contribution in [2.75, 3.05) is 39.7 Å². The van der Waals surface area contributed by atoms with Crippen LogP contribution in [0.4, 0.5) is 60.8 Å². The molecule has 0 radical (unpaired) electrons. The fourth-order valence-electron chi connectivity index (χ4n) is 5.42. The zero-order valence-corrected chi connectivity index (χ0v) is 32.3. The van der Waals surface area contributed by atoms with Gasteiger partial charge in [-0.25, -0.2) is 23.7 Å². The monoisotopic (exact) mass is 834 g/mol. The molecule has 0 unspecified atom stereocenters. The van der Waals surface area contributed by atoms with Gasteiger partial charge in [-0.3, -0.25) is 25.0 Å². The van der Waals surface area contributed by atoms with Crippen LogP contribution in [0.2, 0.25) is 0 Å². The van der Waals surface area contributed by atoms with E-state index in [4.69, 9.17) is 4.42 Å². The molecule has 0 spiro atoms. The number of carbonyl (C=O) groups is 1. The number of anilines is 7. The van der Waals surface area contributed by atoms with Crippen molar-refractivity contribution >= 4 is 69.0 Å². The standard InChI is InChI=1S/C20H19FN6O4.C20H17FN6O3/c1-2-8-22-18-15(11-23-20(26-18)24-13-5-3-4-12(21)9-13)19(29)25-16-7-6-14(27(30)31)10-17(16)28;1-2-8-22-18-15(11-23-20(26-18)24-13-5-3-4-12(21)9-13)19-25-16-7-6-14(27(28)29)10-17(16)30-19/h3-7,9-11,28H,2,8H2,1H3,(H,25,29)(H2,22,23,24,26);3-7,9-11H,2,8H2,1H3,(H2,22,23,24,26). The number of amides is 1. The van der Waals surface area contributed by atoms with E-state index in [0.29, 0.717) is 46.9 Å². The SMILES string of the molecule is CCCNc1nc(Nc2cccc(F)c2)ncc1-c1nc2ccc([N+](=O)[O-])cc2o1.CCCNc1nc(Nc2cccc(F)c2)ncc1C(=O)Nc1ccc([N+](=O)[O-])cc1O. The Hall–Kier alpha value is -8.36. The number of nitro benzene ring substituents is 2. The third-order valence-electron chi connectivity index (χ3n) is 8.32. The number of aromatic hydroxyl groups is 1. The number of aromatic nitrogens is 5. The lowest BCUT2D eigenvalue weighted by molar-refractivity contribution is -0.385. The quantitative estimate of drug-likeness (QED) is 0.0320. The maximum Gasteiger partial charge on any atom is 0.273 e. The van der Waals surface area contributed by atoms with E-state index in [9.17, 15) is 38.9 Å². The second kappa shape index (κ2) is 19.4. The van der Waals surface area contributed by atoms with Gasteiger partial charge in [0.1, 0.15) is 40.1 Å². The number of nitro groups is 2. The molecule has 0 saturated heterocycles. The van der Waals surface area contributed by atoms with Gasteiger partial charge in [0.05, 0.1) is 33.2 Å². The summed E-state index contributed by atoms with van der Waals surface area (Å²) < 4.78 is 32.5. The summed E-state index contributed by atoms with van der Waals surface area (Å²) in [6.07, 6.45) is 4.44. The van der Waals surface area contributed by atoms with Gasteiger partial charge >= 0.3 is 0 Å². The normalized spacial score (nSPS) is 10.6. The highest BCUT2D eigenvalue weighted by molar-refractivity contribution is 6.08. The molecule has 1 amide bonds. The highest BCUT2D eigenvalue weighted by Gasteiger charge is 2.20. The van der Waals surface area contributed by atoms with Crippen molar-refractivity contribution in [2.24, 2.45) is 0 Å². The van der Waals surface area contributed by atoms with Crippen molar-refractivity contribution < 1.29 is 32.9 Å². The molecule has 7 aromatic rings. The molecule has 21 heteroatoms. The Kier molecular flexibility index (Phi) is 13.4. The smallest absolute Gasteiger partial charge is 0.273 e. The van der Waals surface area contributed by atoms with Gasteiger partial charge in [-0.2, -0.15) is 9.97 Å². The number of non-ortho nitro benzene ring substituents is 2. The van der Waals surface area contributed by atoms with Gasteiger partial charge in [0.25, 0.3) is 17.3 Å². The van der Waals surface area contributed by atoms with Crippen LogP contribution in [0.25, 0.3) is 22.6 Å². The summed E-state index contributed by atoms with van der Waals surface area (Å²) in [6, 6.07) is 19.3. The van der Waals surface area contributed by atoms with Crippen molar-refractivity contribution in [3.05, 3.63) is 135 Å². The lowest BCUT2D eigenvalue weighted by Crippen LogP contribution is -2.17. The third kappa shape index (κ3) is 11.0. The van der Waals surface area contributed by atoms with E-state index in [0.717, 1.165) is 25.0 Å². The molecule has 0 fully saturated rings. The van der Waals surface area contributed by atoms with Gasteiger partial charge in [-0.15, -0.1) is 0 Å². The minimum absolute atomic E-state index is 0.000922. The predicted molar refractivity (Wildman–Crippen MR) is 223 cm³/mol. The topological polar surface area (TPSA) is 261 Å². The second-order valence-corrected chi connectivity index (χ2v) is 12.9. The molecule has 19 nitrogen and oxygen atoms in total. The number of fused-ring (bicyclic) bond motifs is 1. The Morgan fingerprint density at radius 1 is 0.738 bits per heavy atom. The number of phenolic OH excluding ortho intramolecular Hbond substituents is 1. The average Bonchev–Trinajstić information content (AvgIpc) is 3.66. The number of nitrogens with one attached hydrogen (secondary N) is 5. The average molecular weight is 835 g/mol. The number of hydrogen-bond acceptors (Lipinski definition) is 16. The first kappa shape index (κ1) is 42.3. The van der Waals surface area contributed by atoms with E-state index < -0.39 is 27.3 Å². The van der Waals surface area contributed by atoms with Crippen LogP contribution in [0.3, 0.4) is 0 Å². The molecule has 7 rings (SSSR count). The summed E-state index contributed by atoms with van der Waals surface area (Å²) in [6.45, 7) is 5.13. The van der Waals surface area contributed by atoms with Gasteiger partial charge in [-0.1, -0.05) is 26.0 Å². The van der Waals surface area contributed by atoms with E-state index >= 15 is 0 Å². The van der Waals surface area contributed by atoms with Gasteiger partial charge in [0, 0.05) is 49.0 Å². The molecule has 312 valence electrons. The summed E-state index contributed by atoms with van der Waals surface area (Å²) in [5.74, 6) is -0.498. The predicted octanol–water partition coefficient (Wildman–Crippen LogP) is 8.94. The summed E-state index contributed by atoms with van der Waals surface area (Å²) in [7, 11) is 0. The number of phenols is 1. The Balaban J connectivity index is 0.000000204. The number of carbonyl (C=O) groups excluding carboxylic acids is 1. The molecule has 61 heavy (non-hydrogen) atoms. The Morgan fingerprint density at radius 3 is 1.90 bits per heavy atom. The van der Waals surface area contributed by atoms with Crippen molar-refractivity contribution in [2.45, 2.75) is 26.7 Å². The van der Waals surface area contributed by atoms with E-state index in [1.54, 1.807) is 18.2 Å². The summed E-state index contributed by atoms with van der Waals surface area (Å²) >= 11 is 0. The van der Waals surface area contributed by atoms with Crippen molar-refractivity contribution in [3.63, 3.8) is 0 Å². The summed E-state index contributed by atoms with van der Waals surface area (Å²) in [5, 5.41) is 46.3. The van der Waals surface area contributed by atoms with Gasteiger partial charge in [-0.05, 0) is 61.4 Å². The fraction of sp³-hybridized carbons (Fsp3) is 0.150. The molecule has 0 bridgehead atoms. The third-order valence-corrected chi connectivity index (χ3v) is 8.32. The van der Waals surface area contributed by atoms with Crippen molar-refractivity contribution in [1.82, 2.24) is 24.9 Å². The fourth-order valence-corrected chi connectivity index (χ4v) is 5.42. The number of halogens is 2.